The van der Waals surface area contributed by atoms with E-state index in [0.29, 0.717) is 28.2 Å². The van der Waals surface area contributed by atoms with E-state index in [2.05, 4.69) is 15.2 Å². The molecule has 0 bridgehead atoms. The number of fused-ring (bicyclic) bond motifs is 1. The summed E-state index contributed by atoms with van der Waals surface area (Å²) in [6.45, 7) is 5.39. The van der Waals surface area contributed by atoms with Gasteiger partial charge in [-0.3, -0.25) is 14.3 Å². The lowest BCUT2D eigenvalue weighted by Crippen LogP contribution is -2.43. The van der Waals surface area contributed by atoms with Crippen LogP contribution in [0.2, 0.25) is 5.02 Å². The summed E-state index contributed by atoms with van der Waals surface area (Å²) in [5.41, 5.74) is 1.07. The number of rotatable bonds is 6. The summed E-state index contributed by atoms with van der Waals surface area (Å²) in [5, 5.41) is 3.80. The van der Waals surface area contributed by atoms with Gasteiger partial charge in [0.15, 0.2) is 9.84 Å². The van der Waals surface area contributed by atoms with Gasteiger partial charge in [-0.1, -0.05) is 18.5 Å². The van der Waals surface area contributed by atoms with Gasteiger partial charge in [-0.2, -0.15) is 0 Å². The molecule has 0 unspecified atom stereocenters. The van der Waals surface area contributed by atoms with Crippen LogP contribution in [0.1, 0.15) is 18.1 Å². The first kappa shape index (κ1) is 22.8. The number of nitrogens with zero attached hydrogens (tertiary/aromatic N) is 3. The maximum Gasteiger partial charge on any atom is 0.261 e. The van der Waals surface area contributed by atoms with Crippen LogP contribution in [0.4, 0.5) is 4.39 Å². The van der Waals surface area contributed by atoms with Crippen LogP contribution in [-0.4, -0.2) is 54.8 Å². The summed E-state index contributed by atoms with van der Waals surface area (Å²) in [4.78, 5) is 20.0. The molecule has 10 heteroatoms. The molecule has 0 amide bonds. The van der Waals surface area contributed by atoms with E-state index < -0.39 is 21.2 Å². The molecule has 0 radical (unpaired) electrons. The fraction of sp³-hybridized carbons (Fsp3) is 0.364. The van der Waals surface area contributed by atoms with Gasteiger partial charge in [0.2, 0.25) is 0 Å². The highest BCUT2D eigenvalue weighted by Crippen LogP contribution is 2.23. The smallest absolute Gasteiger partial charge is 0.261 e. The van der Waals surface area contributed by atoms with Crippen molar-refractivity contribution in [1.82, 2.24) is 19.8 Å². The zero-order valence-corrected chi connectivity index (χ0v) is 19.2. The van der Waals surface area contributed by atoms with Crippen molar-refractivity contribution in [3.63, 3.8) is 0 Å². The van der Waals surface area contributed by atoms with E-state index in [0.717, 1.165) is 26.2 Å². The molecule has 0 saturated carbocycles. The first-order chi connectivity index (χ1) is 15.3. The Morgan fingerprint density at radius 3 is 2.59 bits per heavy atom. The molecule has 0 aliphatic carbocycles. The minimum Gasteiger partial charge on any atom is -0.314 e. The average molecular weight is 479 g/mol. The van der Waals surface area contributed by atoms with Gasteiger partial charge in [0.05, 0.1) is 34.4 Å². The van der Waals surface area contributed by atoms with Crippen LogP contribution in [0.25, 0.3) is 10.9 Å². The van der Waals surface area contributed by atoms with E-state index in [1.165, 1.54) is 41.2 Å². The zero-order valence-electron chi connectivity index (χ0n) is 17.6. The van der Waals surface area contributed by atoms with E-state index in [9.17, 15) is 17.6 Å². The second-order valence-electron chi connectivity index (χ2n) is 7.82. The molecule has 1 fully saturated rings. The number of hydrogen-bond donors (Lipinski definition) is 1. The monoisotopic (exact) mass is 478 g/mol. The Balaban J connectivity index is 1.76. The summed E-state index contributed by atoms with van der Waals surface area (Å²) in [7, 11) is -3.52. The van der Waals surface area contributed by atoms with Gasteiger partial charge in [-0.05, 0) is 41.5 Å². The van der Waals surface area contributed by atoms with Crippen LogP contribution in [0.5, 0.6) is 0 Å². The van der Waals surface area contributed by atoms with Gasteiger partial charge in [0.25, 0.3) is 5.56 Å². The van der Waals surface area contributed by atoms with Crippen LogP contribution in [-0.2, 0) is 22.9 Å². The number of benzene rings is 2. The van der Waals surface area contributed by atoms with Gasteiger partial charge < -0.3 is 5.32 Å². The largest absolute Gasteiger partial charge is 0.314 e. The first-order valence-corrected chi connectivity index (χ1v) is 12.4. The number of sulfone groups is 1. The average Bonchev–Trinajstić information content (AvgIpc) is 2.76. The van der Waals surface area contributed by atoms with E-state index >= 15 is 0 Å². The van der Waals surface area contributed by atoms with E-state index in [4.69, 9.17) is 11.6 Å². The highest BCUT2D eigenvalue weighted by molar-refractivity contribution is 7.91. The van der Waals surface area contributed by atoms with Crippen molar-refractivity contribution in [2.75, 3.05) is 31.9 Å². The molecule has 2 heterocycles. The van der Waals surface area contributed by atoms with Crippen molar-refractivity contribution < 1.29 is 12.8 Å². The Morgan fingerprint density at radius 2 is 1.88 bits per heavy atom. The van der Waals surface area contributed by atoms with Crippen molar-refractivity contribution in [2.24, 2.45) is 0 Å². The van der Waals surface area contributed by atoms with Gasteiger partial charge in [0, 0.05) is 37.7 Å². The standard InChI is InChI=1S/C22H24ClFN4O3S/c1-2-32(30,31)20-4-3-17(23)9-15(20)13-28-14-26-21-16(12-27-7-5-25-6-8-27)10-18(24)11-19(21)22(28)29/h3-4,9-11,14,25H,2,5-8,12-13H2,1H3. The lowest BCUT2D eigenvalue weighted by Gasteiger charge is -2.27. The van der Waals surface area contributed by atoms with E-state index in [1.807, 2.05) is 0 Å². The van der Waals surface area contributed by atoms with Crippen LogP contribution in [0.3, 0.4) is 0 Å². The number of nitrogens with one attached hydrogen (secondary N) is 1. The molecule has 1 aliphatic heterocycles. The molecule has 1 saturated heterocycles. The Kier molecular flexibility index (Phi) is 6.62. The summed E-state index contributed by atoms with van der Waals surface area (Å²) >= 11 is 6.09. The number of halogens is 2. The molecule has 1 N–H and O–H groups in total. The molecule has 2 aromatic carbocycles. The number of aromatic nitrogens is 2. The van der Waals surface area contributed by atoms with Crippen molar-refractivity contribution in [2.45, 2.75) is 24.9 Å². The number of piperazine rings is 1. The first-order valence-electron chi connectivity index (χ1n) is 10.4. The lowest BCUT2D eigenvalue weighted by atomic mass is 10.1. The van der Waals surface area contributed by atoms with Crippen LogP contribution < -0.4 is 10.9 Å². The molecular weight excluding hydrogens is 455 g/mol. The molecule has 4 rings (SSSR count). The second kappa shape index (κ2) is 9.27. The minimum atomic E-state index is -3.52. The molecule has 3 aromatic rings. The maximum atomic E-state index is 14.4. The van der Waals surface area contributed by atoms with Crippen molar-refractivity contribution in [3.05, 3.63) is 69.0 Å². The predicted molar refractivity (Wildman–Crippen MR) is 122 cm³/mol. The van der Waals surface area contributed by atoms with Crippen molar-refractivity contribution in [3.8, 4) is 0 Å². The second-order valence-corrected chi connectivity index (χ2v) is 10.5. The van der Waals surface area contributed by atoms with E-state index in [-0.39, 0.29) is 22.6 Å². The molecule has 7 nitrogen and oxygen atoms in total. The zero-order chi connectivity index (χ0) is 22.9. The van der Waals surface area contributed by atoms with Crippen LogP contribution >= 0.6 is 11.6 Å². The highest BCUT2D eigenvalue weighted by atomic mass is 35.5. The molecule has 1 aliphatic rings. The van der Waals surface area contributed by atoms with Gasteiger partial charge in [-0.25, -0.2) is 17.8 Å². The molecule has 170 valence electrons. The van der Waals surface area contributed by atoms with Crippen LogP contribution in [0.15, 0.2) is 46.3 Å². The summed E-state index contributed by atoms with van der Waals surface area (Å²) in [6, 6.07) is 7.09. The van der Waals surface area contributed by atoms with Gasteiger partial charge in [0.1, 0.15) is 5.82 Å². The Labute approximate surface area is 190 Å². The quantitative estimate of drug-likeness (QED) is 0.586. The molecule has 1 aromatic heterocycles. The third-order valence-electron chi connectivity index (χ3n) is 5.65. The molecule has 0 spiro atoms. The Hall–Kier alpha value is -2.33. The van der Waals surface area contributed by atoms with Crippen LogP contribution in [0, 0.1) is 5.82 Å². The SMILES string of the molecule is CCS(=O)(=O)c1ccc(Cl)cc1Cn1cnc2c(CN3CCNCC3)cc(F)cc2c1=O. The molecule has 0 atom stereocenters. The maximum absolute atomic E-state index is 14.4. The predicted octanol–water partition coefficient (Wildman–Crippen LogP) is 2.44. The van der Waals surface area contributed by atoms with Crippen molar-refractivity contribution in [1.29, 1.82) is 0 Å². The van der Waals surface area contributed by atoms with Crippen molar-refractivity contribution >= 4 is 32.3 Å². The topological polar surface area (TPSA) is 84.3 Å². The number of hydrogen-bond acceptors (Lipinski definition) is 6. The fourth-order valence-corrected chi connectivity index (χ4v) is 5.27. The minimum absolute atomic E-state index is 0.0411. The fourth-order valence-electron chi connectivity index (χ4n) is 3.96. The third kappa shape index (κ3) is 4.71. The summed E-state index contributed by atoms with van der Waals surface area (Å²) in [5.74, 6) is -0.580. The summed E-state index contributed by atoms with van der Waals surface area (Å²) in [6.07, 6.45) is 1.38. The lowest BCUT2D eigenvalue weighted by molar-refractivity contribution is 0.233. The third-order valence-corrected chi connectivity index (χ3v) is 7.72. The highest BCUT2D eigenvalue weighted by Gasteiger charge is 2.19. The Morgan fingerprint density at radius 1 is 1.12 bits per heavy atom. The van der Waals surface area contributed by atoms with E-state index in [1.54, 1.807) is 6.92 Å². The van der Waals surface area contributed by atoms with Gasteiger partial charge in [-0.15, -0.1) is 0 Å². The molecule has 32 heavy (non-hydrogen) atoms. The van der Waals surface area contributed by atoms with Gasteiger partial charge >= 0.3 is 0 Å². The normalized spacial score (nSPS) is 15.3. The summed E-state index contributed by atoms with van der Waals surface area (Å²) < 4.78 is 40.7. The Bertz CT molecular complexity index is 1320. The molecular formula is C22H24ClFN4O3S.